The normalized spacial score (nSPS) is 14.6. The van der Waals surface area contributed by atoms with Crippen molar-refractivity contribution in [2.45, 2.75) is 26.4 Å². The van der Waals surface area contributed by atoms with Crippen LogP contribution in [0.1, 0.15) is 29.2 Å². The van der Waals surface area contributed by atoms with Gasteiger partial charge in [-0.15, -0.1) is 11.3 Å². The minimum absolute atomic E-state index is 0.254. The average Bonchev–Trinajstić information content (AvgIpc) is 3.03. The summed E-state index contributed by atoms with van der Waals surface area (Å²) in [5, 5.41) is 6.67. The predicted octanol–water partition coefficient (Wildman–Crippen LogP) is 3.03. The zero-order valence-corrected chi connectivity index (χ0v) is 11.8. The van der Waals surface area contributed by atoms with Crippen LogP contribution in [-0.2, 0) is 6.54 Å². The van der Waals surface area contributed by atoms with Crippen LogP contribution >= 0.6 is 11.3 Å². The van der Waals surface area contributed by atoms with Gasteiger partial charge in [-0.05, 0) is 31.5 Å². The molecule has 1 aliphatic heterocycles. The van der Waals surface area contributed by atoms with Crippen molar-refractivity contribution in [1.29, 1.82) is 0 Å². The summed E-state index contributed by atoms with van der Waals surface area (Å²) >= 11 is 1.69. The Morgan fingerprint density at radius 1 is 1.37 bits per heavy atom. The van der Waals surface area contributed by atoms with Crippen LogP contribution in [0.2, 0.25) is 0 Å². The Labute approximate surface area is 116 Å². The number of benzene rings is 1. The first-order valence-electron chi connectivity index (χ1n) is 6.26. The number of aryl methyl sites for hydroxylation is 1. The Bertz CT molecular complexity index is 583. The molecule has 0 saturated heterocycles. The third kappa shape index (κ3) is 2.72. The summed E-state index contributed by atoms with van der Waals surface area (Å²) in [5.41, 5.74) is 2.26. The fraction of sp³-hybridized carbons (Fsp3) is 0.357. The van der Waals surface area contributed by atoms with E-state index >= 15 is 0 Å². The maximum atomic E-state index is 5.37. The summed E-state index contributed by atoms with van der Waals surface area (Å²) in [6.45, 7) is 5.26. The van der Waals surface area contributed by atoms with Gasteiger partial charge in [0.25, 0.3) is 0 Å². The third-order valence-corrected chi connectivity index (χ3v) is 4.20. The monoisotopic (exact) mass is 276 g/mol. The first kappa shape index (κ1) is 12.4. The van der Waals surface area contributed by atoms with E-state index < -0.39 is 0 Å². The molecule has 0 amide bonds. The van der Waals surface area contributed by atoms with Crippen molar-refractivity contribution in [2.75, 3.05) is 6.79 Å². The van der Waals surface area contributed by atoms with Crippen LogP contribution in [0.3, 0.4) is 0 Å². The Kier molecular flexibility index (Phi) is 3.40. The van der Waals surface area contributed by atoms with E-state index in [1.54, 1.807) is 11.3 Å². The lowest BCUT2D eigenvalue weighted by atomic mass is 10.2. The smallest absolute Gasteiger partial charge is 0.231 e. The van der Waals surface area contributed by atoms with E-state index in [0.29, 0.717) is 6.79 Å². The zero-order valence-electron chi connectivity index (χ0n) is 11.0. The maximum Gasteiger partial charge on any atom is 0.231 e. The van der Waals surface area contributed by atoms with Gasteiger partial charge in [-0.1, -0.05) is 6.07 Å². The molecule has 1 atom stereocenters. The van der Waals surface area contributed by atoms with Gasteiger partial charge in [-0.2, -0.15) is 0 Å². The lowest BCUT2D eigenvalue weighted by Gasteiger charge is -2.11. The summed E-state index contributed by atoms with van der Waals surface area (Å²) in [6, 6.07) is 6.29. The van der Waals surface area contributed by atoms with Gasteiger partial charge < -0.3 is 14.8 Å². The molecule has 1 aromatic carbocycles. The molecule has 1 aromatic heterocycles. The van der Waals surface area contributed by atoms with Crippen LogP contribution < -0.4 is 14.8 Å². The van der Waals surface area contributed by atoms with Crippen LogP contribution in [0.4, 0.5) is 0 Å². The van der Waals surface area contributed by atoms with Crippen molar-refractivity contribution < 1.29 is 9.47 Å². The topological polar surface area (TPSA) is 43.4 Å². The molecule has 1 aliphatic rings. The molecule has 0 radical (unpaired) electrons. The van der Waals surface area contributed by atoms with Gasteiger partial charge in [0, 0.05) is 17.6 Å². The molecule has 1 unspecified atom stereocenters. The average molecular weight is 276 g/mol. The Balaban J connectivity index is 1.63. The zero-order chi connectivity index (χ0) is 13.2. The van der Waals surface area contributed by atoms with Crippen molar-refractivity contribution in [2.24, 2.45) is 0 Å². The standard InChI is InChI=1S/C14H16N2O2S/c1-9-7-19-14(16-9)10(2)15-6-11-3-4-12-13(5-11)18-8-17-12/h3-5,7,10,15H,6,8H2,1-2H3. The van der Waals surface area contributed by atoms with Crippen LogP contribution in [-0.4, -0.2) is 11.8 Å². The molecule has 0 fully saturated rings. The number of thiazole rings is 1. The summed E-state index contributed by atoms with van der Waals surface area (Å²) < 4.78 is 10.7. The fourth-order valence-electron chi connectivity index (χ4n) is 1.98. The van der Waals surface area contributed by atoms with Crippen LogP contribution in [0.15, 0.2) is 23.6 Å². The second kappa shape index (κ2) is 5.19. The Morgan fingerprint density at radius 3 is 3.00 bits per heavy atom. The molecule has 4 nitrogen and oxygen atoms in total. The van der Waals surface area contributed by atoms with Crippen molar-refractivity contribution in [3.63, 3.8) is 0 Å². The van der Waals surface area contributed by atoms with E-state index in [9.17, 15) is 0 Å². The number of fused-ring (bicyclic) bond motifs is 1. The molecule has 2 aromatic rings. The van der Waals surface area contributed by atoms with Crippen LogP contribution in [0.25, 0.3) is 0 Å². The van der Waals surface area contributed by atoms with Gasteiger partial charge in [-0.3, -0.25) is 0 Å². The molecule has 0 bridgehead atoms. The molecule has 5 heteroatoms. The summed E-state index contributed by atoms with van der Waals surface area (Å²) in [7, 11) is 0. The highest BCUT2D eigenvalue weighted by Gasteiger charge is 2.14. The first-order chi connectivity index (χ1) is 9.22. The first-order valence-corrected chi connectivity index (χ1v) is 7.14. The lowest BCUT2D eigenvalue weighted by molar-refractivity contribution is 0.174. The van der Waals surface area contributed by atoms with Gasteiger partial charge in [0.2, 0.25) is 6.79 Å². The molecule has 1 N–H and O–H groups in total. The molecule has 100 valence electrons. The van der Waals surface area contributed by atoms with Crippen molar-refractivity contribution in [3.8, 4) is 11.5 Å². The highest BCUT2D eigenvalue weighted by atomic mass is 32.1. The Morgan fingerprint density at radius 2 is 2.21 bits per heavy atom. The lowest BCUT2D eigenvalue weighted by Crippen LogP contribution is -2.17. The van der Waals surface area contributed by atoms with Gasteiger partial charge in [0.15, 0.2) is 11.5 Å². The van der Waals surface area contributed by atoms with Crippen molar-refractivity contribution in [1.82, 2.24) is 10.3 Å². The van der Waals surface area contributed by atoms with Crippen LogP contribution in [0.5, 0.6) is 11.5 Å². The predicted molar refractivity (Wildman–Crippen MR) is 74.7 cm³/mol. The highest BCUT2D eigenvalue weighted by molar-refractivity contribution is 7.09. The van der Waals surface area contributed by atoms with E-state index in [1.165, 1.54) is 5.56 Å². The molecular weight excluding hydrogens is 260 g/mol. The molecule has 2 heterocycles. The number of rotatable bonds is 4. The number of aromatic nitrogens is 1. The third-order valence-electron chi connectivity index (χ3n) is 3.06. The van der Waals surface area contributed by atoms with E-state index in [0.717, 1.165) is 28.7 Å². The number of ether oxygens (including phenoxy) is 2. The minimum atomic E-state index is 0.254. The molecular formula is C14H16N2O2S. The van der Waals surface area contributed by atoms with Gasteiger partial charge in [0.05, 0.1) is 6.04 Å². The minimum Gasteiger partial charge on any atom is -0.454 e. The molecule has 0 spiro atoms. The maximum absolute atomic E-state index is 5.37. The quantitative estimate of drug-likeness (QED) is 0.932. The van der Waals surface area contributed by atoms with Crippen molar-refractivity contribution >= 4 is 11.3 Å². The van der Waals surface area contributed by atoms with E-state index in [-0.39, 0.29) is 6.04 Å². The van der Waals surface area contributed by atoms with Gasteiger partial charge >= 0.3 is 0 Å². The number of hydrogen-bond donors (Lipinski definition) is 1. The highest BCUT2D eigenvalue weighted by Crippen LogP contribution is 2.32. The summed E-state index contributed by atoms with van der Waals surface area (Å²) in [4.78, 5) is 4.49. The Hall–Kier alpha value is -1.59. The van der Waals surface area contributed by atoms with Gasteiger partial charge in [0.1, 0.15) is 5.01 Å². The van der Waals surface area contributed by atoms with Crippen molar-refractivity contribution in [3.05, 3.63) is 39.8 Å². The summed E-state index contributed by atoms with van der Waals surface area (Å²) in [5.74, 6) is 1.66. The van der Waals surface area contributed by atoms with Crippen LogP contribution in [0, 0.1) is 6.92 Å². The summed E-state index contributed by atoms with van der Waals surface area (Å²) in [6.07, 6.45) is 0. The molecule has 3 rings (SSSR count). The second-order valence-electron chi connectivity index (χ2n) is 4.62. The number of nitrogens with one attached hydrogen (secondary N) is 1. The number of hydrogen-bond acceptors (Lipinski definition) is 5. The fourth-order valence-corrected chi connectivity index (χ4v) is 2.81. The largest absolute Gasteiger partial charge is 0.454 e. The van der Waals surface area contributed by atoms with Gasteiger partial charge in [-0.25, -0.2) is 4.98 Å². The van der Waals surface area contributed by atoms with E-state index in [4.69, 9.17) is 9.47 Å². The van der Waals surface area contributed by atoms with E-state index in [2.05, 4.69) is 28.7 Å². The number of nitrogens with zero attached hydrogens (tertiary/aromatic N) is 1. The molecule has 19 heavy (non-hydrogen) atoms. The SMILES string of the molecule is Cc1csc(C(C)NCc2ccc3c(c2)OCO3)n1. The van der Waals surface area contributed by atoms with E-state index in [1.807, 2.05) is 19.1 Å². The second-order valence-corrected chi connectivity index (χ2v) is 5.51. The molecule has 0 saturated carbocycles. The molecule has 0 aliphatic carbocycles.